The van der Waals surface area contributed by atoms with Crippen molar-refractivity contribution in [3.8, 4) is 11.5 Å². The molecule has 0 spiro atoms. The first-order chi connectivity index (χ1) is 10.6. The summed E-state index contributed by atoms with van der Waals surface area (Å²) in [5.74, 6) is 2.54. The molecule has 1 aliphatic heterocycles. The van der Waals surface area contributed by atoms with Crippen LogP contribution in [0, 0.1) is 0 Å². The summed E-state index contributed by atoms with van der Waals surface area (Å²) >= 11 is 0. The van der Waals surface area contributed by atoms with Crippen LogP contribution in [0.5, 0.6) is 11.5 Å². The van der Waals surface area contributed by atoms with E-state index in [1.807, 2.05) is 19.2 Å². The average Bonchev–Trinajstić information content (AvgIpc) is 2.86. The molecule has 0 saturated heterocycles. The van der Waals surface area contributed by atoms with Gasteiger partial charge in [-0.1, -0.05) is 12.1 Å². The summed E-state index contributed by atoms with van der Waals surface area (Å²) in [6.07, 6.45) is 5.07. The Morgan fingerprint density at radius 1 is 1.23 bits per heavy atom. The number of methoxy groups -OCH3 is 2. The fraction of sp³-hybridized carbons (Fsp3) is 0.444. The van der Waals surface area contributed by atoms with Crippen LogP contribution in [-0.4, -0.2) is 33.4 Å². The van der Waals surface area contributed by atoms with Gasteiger partial charge in [0, 0.05) is 11.6 Å². The van der Waals surface area contributed by atoms with Crippen molar-refractivity contribution in [3.63, 3.8) is 0 Å². The fourth-order valence-corrected chi connectivity index (χ4v) is 4.30. The molecule has 0 radical (unpaired) electrons. The Morgan fingerprint density at radius 2 is 2.05 bits per heavy atom. The second kappa shape index (κ2) is 4.53. The SMILES string of the molecule is CN[C@H]1Cc2ccc(OC)c3c2[C@@]2(C)C1=CC=C(OC)[C@H]2O3. The molecule has 116 valence electrons. The minimum absolute atomic E-state index is 0.126. The molecule has 4 heteroatoms. The van der Waals surface area contributed by atoms with E-state index in [1.54, 1.807) is 14.2 Å². The molecule has 3 aliphatic rings. The minimum Gasteiger partial charge on any atom is -0.497 e. The highest BCUT2D eigenvalue weighted by Gasteiger charge is 2.57. The van der Waals surface area contributed by atoms with Gasteiger partial charge >= 0.3 is 0 Å². The molecule has 1 heterocycles. The van der Waals surface area contributed by atoms with Crippen molar-refractivity contribution < 1.29 is 14.2 Å². The molecule has 0 amide bonds. The largest absolute Gasteiger partial charge is 0.497 e. The van der Waals surface area contributed by atoms with E-state index in [2.05, 4.69) is 24.4 Å². The molecular weight excluding hydrogens is 278 g/mol. The number of ether oxygens (including phenoxy) is 3. The van der Waals surface area contributed by atoms with E-state index in [0.717, 1.165) is 23.7 Å². The maximum atomic E-state index is 6.34. The lowest BCUT2D eigenvalue weighted by Gasteiger charge is -2.43. The molecule has 22 heavy (non-hydrogen) atoms. The summed E-state index contributed by atoms with van der Waals surface area (Å²) in [5, 5.41) is 3.45. The lowest BCUT2D eigenvalue weighted by Crippen LogP contribution is -2.50. The number of hydrogen-bond acceptors (Lipinski definition) is 4. The van der Waals surface area contributed by atoms with Gasteiger partial charge in [-0.15, -0.1) is 0 Å². The normalized spacial score (nSPS) is 30.9. The maximum Gasteiger partial charge on any atom is 0.169 e. The molecule has 0 bridgehead atoms. The monoisotopic (exact) mass is 299 g/mol. The number of allylic oxidation sites excluding steroid dienone is 2. The Hall–Kier alpha value is -1.94. The van der Waals surface area contributed by atoms with Gasteiger partial charge in [-0.3, -0.25) is 0 Å². The molecule has 1 aromatic carbocycles. The van der Waals surface area contributed by atoms with Gasteiger partial charge < -0.3 is 19.5 Å². The standard InChI is InChI=1S/C18H21NO3/c1-18-11-6-8-14(21-4)17(18)22-16-13(20-3)7-5-10(15(16)18)9-12(11)19-2/h5-8,12,17,19H,9H2,1-4H3/t12-,17+,18+/m0/s1. The minimum atomic E-state index is -0.203. The molecule has 2 aliphatic carbocycles. The number of hydrogen-bond donors (Lipinski definition) is 1. The summed E-state index contributed by atoms with van der Waals surface area (Å²) in [7, 11) is 5.41. The first-order valence-electron chi connectivity index (χ1n) is 7.65. The summed E-state index contributed by atoms with van der Waals surface area (Å²) in [4.78, 5) is 0. The van der Waals surface area contributed by atoms with E-state index in [0.29, 0.717) is 6.04 Å². The molecule has 1 N–H and O–H groups in total. The number of likely N-dealkylation sites (N-methyl/N-ethyl adjacent to an activating group) is 1. The first-order valence-corrected chi connectivity index (χ1v) is 7.65. The van der Waals surface area contributed by atoms with Gasteiger partial charge in [0.15, 0.2) is 17.6 Å². The molecule has 4 nitrogen and oxygen atoms in total. The third kappa shape index (κ3) is 1.46. The lowest BCUT2D eigenvalue weighted by molar-refractivity contribution is 0.118. The van der Waals surface area contributed by atoms with Gasteiger partial charge in [-0.25, -0.2) is 0 Å². The van der Waals surface area contributed by atoms with Crippen LogP contribution in [0.4, 0.5) is 0 Å². The van der Waals surface area contributed by atoms with Crippen LogP contribution < -0.4 is 14.8 Å². The van der Waals surface area contributed by atoms with Gasteiger partial charge in [0.05, 0.1) is 19.6 Å². The van der Waals surface area contributed by atoms with E-state index < -0.39 is 0 Å². The highest BCUT2D eigenvalue weighted by Crippen LogP contribution is 2.58. The van der Waals surface area contributed by atoms with Crippen molar-refractivity contribution in [2.24, 2.45) is 0 Å². The summed E-state index contributed by atoms with van der Waals surface area (Å²) < 4.78 is 17.4. The topological polar surface area (TPSA) is 39.7 Å². The lowest BCUT2D eigenvalue weighted by atomic mass is 9.62. The Labute approximate surface area is 130 Å². The summed E-state index contributed by atoms with van der Waals surface area (Å²) in [6, 6.07) is 4.49. The maximum absolute atomic E-state index is 6.34. The molecular formula is C18H21NO3. The van der Waals surface area contributed by atoms with Crippen molar-refractivity contribution in [2.75, 3.05) is 21.3 Å². The van der Waals surface area contributed by atoms with E-state index in [9.17, 15) is 0 Å². The number of nitrogens with one attached hydrogen (secondary N) is 1. The second-order valence-electron chi connectivity index (χ2n) is 6.27. The van der Waals surface area contributed by atoms with Gasteiger partial charge in [-0.2, -0.15) is 0 Å². The molecule has 0 saturated carbocycles. The zero-order valence-electron chi connectivity index (χ0n) is 13.4. The third-order valence-electron chi connectivity index (χ3n) is 5.38. The van der Waals surface area contributed by atoms with Gasteiger partial charge in [0.25, 0.3) is 0 Å². The third-order valence-corrected chi connectivity index (χ3v) is 5.38. The zero-order chi connectivity index (χ0) is 15.5. The fourth-order valence-electron chi connectivity index (χ4n) is 4.30. The highest BCUT2D eigenvalue weighted by atomic mass is 16.6. The van der Waals surface area contributed by atoms with E-state index in [4.69, 9.17) is 14.2 Å². The van der Waals surface area contributed by atoms with Crippen molar-refractivity contribution in [2.45, 2.75) is 30.9 Å². The smallest absolute Gasteiger partial charge is 0.169 e. The number of benzene rings is 1. The molecule has 0 unspecified atom stereocenters. The van der Waals surface area contributed by atoms with Crippen LogP contribution >= 0.6 is 0 Å². The van der Waals surface area contributed by atoms with Gasteiger partial charge in [0.2, 0.25) is 0 Å². The van der Waals surface area contributed by atoms with Gasteiger partial charge in [0.1, 0.15) is 5.76 Å². The Bertz CT molecular complexity index is 707. The van der Waals surface area contributed by atoms with Crippen molar-refractivity contribution in [3.05, 3.63) is 46.7 Å². The molecule has 4 rings (SSSR count). The Morgan fingerprint density at radius 3 is 2.73 bits per heavy atom. The van der Waals surface area contributed by atoms with E-state index in [1.165, 1.54) is 16.7 Å². The van der Waals surface area contributed by atoms with Crippen LogP contribution in [0.2, 0.25) is 0 Å². The zero-order valence-corrected chi connectivity index (χ0v) is 13.4. The molecule has 1 aromatic rings. The predicted molar refractivity (Wildman–Crippen MR) is 84.5 cm³/mol. The van der Waals surface area contributed by atoms with Crippen molar-refractivity contribution in [1.29, 1.82) is 0 Å². The quantitative estimate of drug-likeness (QED) is 0.930. The van der Waals surface area contributed by atoms with Crippen LogP contribution in [0.1, 0.15) is 18.1 Å². The predicted octanol–water partition coefficient (Wildman–Crippen LogP) is 2.33. The molecule has 3 atom stereocenters. The first kappa shape index (κ1) is 13.7. The Kier molecular flexibility index (Phi) is 2.82. The highest BCUT2D eigenvalue weighted by molar-refractivity contribution is 5.66. The summed E-state index contributed by atoms with van der Waals surface area (Å²) in [5.41, 5.74) is 3.75. The van der Waals surface area contributed by atoms with Gasteiger partial charge in [-0.05, 0) is 43.7 Å². The second-order valence-corrected chi connectivity index (χ2v) is 6.27. The van der Waals surface area contributed by atoms with E-state index in [-0.39, 0.29) is 11.5 Å². The Balaban J connectivity index is 2.01. The van der Waals surface area contributed by atoms with Crippen LogP contribution in [-0.2, 0) is 16.6 Å². The summed E-state index contributed by atoms with van der Waals surface area (Å²) in [6.45, 7) is 2.26. The van der Waals surface area contributed by atoms with Crippen molar-refractivity contribution >= 4 is 0 Å². The molecule has 0 aromatic heterocycles. The number of rotatable bonds is 3. The van der Waals surface area contributed by atoms with Crippen LogP contribution in [0.3, 0.4) is 0 Å². The van der Waals surface area contributed by atoms with E-state index >= 15 is 0 Å². The molecule has 0 fully saturated rings. The van der Waals surface area contributed by atoms with Crippen LogP contribution in [0.15, 0.2) is 35.6 Å². The van der Waals surface area contributed by atoms with Crippen molar-refractivity contribution in [1.82, 2.24) is 5.32 Å². The van der Waals surface area contributed by atoms with Crippen LogP contribution in [0.25, 0.3) is 0 Å². The average molecular weight is 299 g/mol.